The van der Waals surface area contributed by atoms with E-state index in [1.54, 1.807) is 0 Å². The van der Waals surface area contributed by atoms with E-state index in [4.69, 9.17) is 4.74 Å². The number of ether oxygens (including phenoxy) is 1. The van der Waals surface area contributed by atoms with Crippen LogP contribution in [0, 0.1) is 11.3 Å². The third-order valence-electron chi connectivity index (χ3n) is 2.78. The molecule has 0 aromatic carbocycles. The molecular weight excluding hydrogens is 230 g/mol. The first-order valence-corrected chi connectivity index (χ1v) is 6.61. The van der Waals surface area contributed by atoms with Crippen LogP contribution in [0.2, 0.25) is 0 Å². The van der Waals surface area contributed by atoms with Gasteiger partial charge in [-0.3, -0.25) is 4.79 Å². The minimum atomic E-state index is -0.578. The molecule has 0 saturated heterocycles. The van der Waals surface area contributed by atoms with Gasteiger partial charge < -0.3 is 10.1 Å². The molecule has 106 valence electrons. The first kappa shape index (κ1) is 16.9. The average molecular weight is 257 g/mol. The van der Waals surface area contributed by atoms with Crippen LogP contribution in [0.25, 0.3) is 0 Å². The van der Waals surface area contributed by atoms with Crippen LogP contribution in [0.1, 0.15) is 54.9 Å². The quantitative estimate of drug-likeness (QED) is 0.770. The van der Waals surface area contributed by atoms with Crippen LogP contribution in [-0.4, -0.2) is 24.0 Å². The Bertz CT molecular complexity index is 292. The van der Waals surface area contributed by atoms with E-state index in [1.165, 1.54) is 0 Å². The first-order valence-electron chi connectivity index (χ1n) is 6.61. The van der Waals surface area contributed by atoms with Gasteiger partial charge in [-0.15, -0.1) is 0 Å². The van der Waals surface area contributed by atoms with Crippen molar-refractivity contribution in [3.8, 4) is 0 Å². The summed E-state index contributed by atoms with van der Waals surface area (Å²) in [5.41, 5.74) is -0.510. The van der Waals surface area contributed by atoms with Gasteiger partial charge in [-0.25, -0.2) is 4.79 Å². The summed E-state index contributed by atoms with van der Waals surface area (Å²) in [4.78, 5) is 23.9. The summed E-state index contributed by atoms with van der Waals surface area (Å²) in [5, 5.41) is 2.77. The molecule has 0 radical (unpaired) electrons. The number of nitrogens with one attached hydrogen (secondary N) is 1. The maximum atomic E-state index is 12.0. The average Bonchev–Trinajstić information content (AvgIpc) is 2.22. The topological polar surface area (TPSA) is 55.4 Å². The molecule has 0 fully saturated rings. The van der Waals surface area contributed by atoms with E-state index in [1.807, 2.05) is 48.5 Å². The van der Waals surface area contributed by atoms with E-state index in [2.05, 4.69) is 5.32 Å². The fourth-order valence-electron chi connectivity index (χ4n) is 1.21. The Balaban J connectivity index is 4.68. The molecule has 0 heterocycles. The Hall–Kier alpha value is -1.06. The van der Waals surface area contributed by atoms with E-state index in [0.29, 0.717) is 0 Å². The van der Waals surface area contributed by atoms with Gasteiger partial charge in [0.2, 0.25) is 5.91 Å². The molecule has 0 aromatic heterocycles. The zero-order valence-electron chi connectivity index (χ0n) is 12.7. The lowest BCUT2D eigenvalue weighted by molar-refractivity contribution is -0.154. The third-order valence-corrected chi connectivity index (χ3v) is 2.78. The summed E-state index contributed by atoms with van der Waals surface area (Å²) in [7, 11) is 0. The zero-order valence-corrected chi connectivity index (χ0v) is 12.7. The molecule has 0 aliphatic heterocycles. The zero-order chi connectivity index (χ0) is 14.5. The summed E-state index contributed by atoms with van der Waals surface area (Å²) < 4.78 is 5.28. The van der Waals surface area contributed by atoms with Crippen molar-refractivity contribution < 1.29 is 14.3 Å². The van der Waals surface area contributed by atoms with Crippen LogP contribution < -0.4 is 5.32 Å². The van der Waals surface area contributed by atoms with Crippen molar-refractivity contribution in [1.29, 1.82) is 0 Å². The lowest BCUT2D eigenvalue weighted by Crippen LogP contribution is -2.49. The largest absolute Gasteiger partial charge is 0.461 e. The van der Waals surface area contributed by atoms with E-state index >= 15 is 0 Å². The number of hydrogen-bond acceptors (Lipinski definition) is 3. The Morgan fingerprint density at radius 1 is 1.17 bits per heavy atom. The van der Waals surface area contributed by atoms with Crippen molar-refractivity contribution in [3.05, 3.63) is 0 Å². The standard InChI is InChI=1S/C14H27NO3/c1-8-10(4)18-12(16)11(9(2)3)15-13(17)14(5,6)7/h9-11H,8H2,1-7H3,(H,15,17)/t10-,11+/m0/s1. The van der Waals surface area contributed by atoms with Gasteiger partial charge in [-0.1, -0.05) is 41.5 Å². The predicted molar refractivity (Wildman–Crippen MR) is 72.1 cm³/mol. The second kappa shape index (κ2) is 6.76. The van der Waals surface area contributed by atoms with Gasteiger partial charge in [0.25, 0.3) is 0 Å². The molecule has 0 saturated carbocycles. The SMILES string of the molecule is CC[C@H](C)OC(=O)[C@H](NC(=O)C(C)(C)C)C(C)C. The minimum absolute atomic E-state index is 0.00727. The fraction of sp³-hybridized carbons (Fsp3) is 0.857. The number of hydrogen-bond donors (Lipinski definition) is 1. The van der Waals surface area contributed by atoms with E-state index in [9.17, 15) is 9.59 Å². The Morgan fingerprint density at radius 2 is 1.67 bits per heavy atom. The van der Waals surface area contributed by atoms with Gasteiger partial charge in [-0.2, -0.15) is 0 Å². The molecule has 1 N–H and O–H groups in total. The van der Waals surface area contributed by atoms with Crippen LogP contribution in [0.3, 0.4) is 0 Å². The highest BCUT2D eigenvalue weighted by atomic mass is 16.5. The number of carbonyl (C=O) groups is 2. The van der Waals surface area contributed by atoms with Gasteiger partial charge in [0.1, 0.15) is 6.04 Å². The van der Waals surface area contributed by atoms with Crippen molar-refractivity contribution >= 4 is 11.9 Å². The highest BCUT2D eigenvalue weighted by Gasteiger charge is 2.30. The van der Waals surface area contributed by atoms with Crippen LogP contribution in [-0.2, 0) is 14.3 Å². The highest BCUT2D eigenvalue weighted by Crippen LogP contribution is 2.15. The van der Waals surface area contributed by atoms with Crippen molar-refractivity contribution in [2.24, 2.45) is 11.3 Å². The lowest BCUT2D eigenvalue weighted by atomic mass is 9.94. The molecule has 4 nitrogen and oxygen atoms in total. The Kier molecular flexibility index (Phi) is 6.36. The first-order chi connectivity index (χ1) is 8.09. The fourth-order valence-corrected chi connectivity index (χ4v) is 1.21. The summed E-state index contributed by atoms with van der Waals surface area (Å²) >= 11 is 0. The lowest BCUT2D eigenvalue weighted by Gasteiger charge is -2.26. The predicted octanol–water partition coefficient (Wildman–Crippen LogP) is 2.52. The van der Waals surface area contributed by atoms with Crippen LogP contribution in [0.15, 0.2) is 0 Å². The molecule has 0 unspecified atom stereocenters. The van der Waals surface area contributed by atoms with Crippen molar-refractivity contribution in [3.63, 3.8) is 0 Å². The normalized spacial score (nSPS) is 15.1. The van der Waals surface area contributed by atoms with Crippen molar-refractivity contribution in [2.45, 2.75) is 67.0 Å². The van der Waals surface area contributed by atoms with Gasteiger partial charge in [0.05, 0.1) is 6.10 Å². The maximum absolute atomic E-state index is 12.0. The van der Waals surface area contributed by atoms with E-state index in [0.717, 1.165) is 6.42 Å². The van der Waals surface area contributed by atoms with Crippen LogP contribution in [0.5, 0.6) is 0 Å². The Labute approximate surface area is 110 Å². The van der Waals surface area contributed by atoms with Gasteiger partial charge in [0, 0.05) is 5.41 Å². The number of carbonyl (C=O) groups excluding carboxylic acids is 2. The molecule has 4 heteroatoms. The van der Waals surface area contributed by atoms with Gasteiger partial charge in [-0.05, 0) is 19.3 Å². The second-order valence-corrected chi connectivity index (χ2v) is 6.10. The monoisotopic (exact) mass is 257 g/mol. The Morgan fingerprint density at radius 3 is 2.00 bits per heavy atom. The second-order valence-electron chi connectivity index (χ2n) is 6.10. The smallest absolute Gasteiger partial charge is 0.329 e. The van der Waals surface area contributed by atoms with Crippen LogP contribution in [0.4, 0.5) is 0 Å². The molecule has 0 bridgehead atoms. The maximum Gasteiger partial charge on any atom is 0.329 e. The molecular formula is C14H27NO3. The number of esters is 1. The minimum Gasteiger partial charge on any atom is -0.461 e. The number of rotatable bonds is 5. The number of amides is 1. The summed E-state index contributed by atoms with van der Waals surface area (Å²) in [6, 6.07) is -0.578. The highest BCUT2D eigenvalue weighted by molar-refractivity contribution is 5.87. The molecule has 0 spiro atoms. The molecule has 2 atom stereocenters. The van der Waals surface area contributed by atoms with Crippen LogP contribution >= 0.6 is 0 Å². The van der Waals surface area contributed by atoms with E-state index < -0.39 is 11.5 Å². The molecule has 1 amide bonds. The summed E-state index contributed by atoms with van der Waals surface area (Å²) in [6.45, 7) is 13.0. The van der Waals surface area contributed by atoms with Gasteiger partial charge >= 0.3 is 5.97 Å². The van der Waals surface area contributed by atoms with Gasteiger partial charge in [0.15, 0.2) is 0 Å². The molecule has 0 aliphatic rings. The molecule has 0 aliphatic carbocycles. The summed E-state index contributed by atoms with van der Waals surface area (Å²) in [6.07, 6.45) is 0.648. The van der Waals surface area contributed by atoms with Crippen molar-refractivity contribution in [2.75, 3.05) is 0 Å². The van der Waals surface area contributed by atoms with E-state index in [-0.39, 0.29) is 23.9 Å². The molecule has 0 aromatic rings. The third kappa shape index (κ3) is 5.52. The summed E-state index contributed by atoms with van der Waals surface area (Å²) in [5.74, 6) is -0.480. The molecule has 18 heavy (non-hydrogen) atoms. The van der Waals surface area contributed by atoms with Crippen molar-refractivity contribution in [1.82, 2.24) is 5.32 Å². The molecule has 0 rings (SSSR count).